The molecule has 88 valence electrons. The molecule has 1 heterocycles. The first-order valence-electron chi connectivity index (χ1n) is 5.68. The van der Waals surface area contributed by atoms with Gasteiger partial charge in [0.1, 0.15) is 0 Å². The Morgan fingerprint density at radius 3 is 2.73 bits per heavy atom. The summed E-state index contributed by atoms with van der Waals surface area (Å²) >= 11 is 0. The third-order valence-corrected chi connectivity index (χ3v) is 2.97. The van der Waals surface area contributed by atoms with Gasteiger partial charge in [-0.1, -0.05) is 13.8 Å². The van der Waals surface area contributed by atoms with Crippen LogP contribution in [-0.2, 0) is 4.79 Å². The smallest absolute Gasteiger partial charge is 0.236 e. The molecular weight excluding hydrogens is 190 g/mol. The second-order valence-electron chi connectivity index (χ2n) is 4.74. The molecule has 1 amide bonds. The predicted octanol–water partition coefficient (Wildman–Crippen LogP) is 0.147. The SMILES string of the molecule is CC(C)NCC(=O)N(C)C1CCN(C)C1. The average Bonchev–Trinajstić information content (AvgIpc) is 2.60. The molecule has 1 aliphatic heterocycles. The van der Waals surface area contributed by atoms with Gasteiger partial charge in [0.05, 0.1) is 6.54 Å². The standard InChI is InChI=1S/C11H23N3O/c1-9(2)12-7-11(15)14(4)10-5-6-13(3)8-10/h9-10,12H,5-8H2,1-4H3. The monoisotopic (exact) mass is 213 g/mol. The van der Waals surface area contributed by atoms with Crippen molar-refractivity contribution in [1.29, 1.82) is 0 Å². The maximum Gasteiger partial charge on any atom is 0.236 e. The van der Waals surface area contributed by atoms with Gasteiger partial charge in [-0.3, -0.25) is 4.79 Å². The van der Waals surface area contributed by atoms with E-state index in [2.05, 4.69) is 31.1 Å². The number of likely N-dealkylation sites (N-methyl/N-ethyl adjacent to an activating group) is 2. The molecule has 4 heteroatoms. The van der Waals surface area contributed by atoms with Crippen LogP contribution in [0.3, 0.4) is 0 Å². The van der Waals surface area contributed by atoms with Gasteiger partial charge in [-0.25, -0.2) is 0 Å². The number of carbonyl (C=O) groups excluding carboxylic acids is 1. The van der Waals surface area contributed by atoms with E-state index in [1.807, 2.05) is 11.9 Å². The Morgan fingerprint density at radius 1 is 1.60 bits per heavy atom. The highest BCUT2D eigenvalue weighted by Gasteiger charge is 2.25. The van der Waals surface area contributed by atoms with Crippen molar-refractivity contribution in [3.8, 4) is 0 Å². The maximum atomic E-state index is 11.8. The van der Waals surface area contributed by atoms with Crippen molar-refractivity contribution < 1.29 is 4.79 Å². The molecule has 0 aromatic carbocycles. The minimum atomic E-state index is 0.198. The number of rotatable bonds is 4. The number of nitrogens with one attached hydrogen (secondary N) is 1. The van der Waals surface area contributed by atoms with Crippen molar-refractivity contribution in [1.82, 2.24) is 15.1 Å². The van der Waals surface area contributed by atoms with Crippen LogP contribution in [0, 0.1) is 0 Å². The van der Waals surface area contributed by atoms with E-state index in [0.717, 1.165) is 19.5 Å². The zero-order valence-corrected chi connectivity index (χ0v) is 10.3. The lowest BCUT2D eigenvalue weighted by atomic mass is 10.2. The van der Waals surface area contributed by atoms with Crippen LogP contribution in [0.4, 0.5) is 0 Å². The number of amides is 1. The molecule has 1 N–H and O–H groups in total. The second kappa shape index (κ2) is 5.47. The lowest BCUT2D eigenvalue weighted by Gasteiger charge is -2.25. The first-order valence-corrected chi connectivity index (χ1v) is 5.68. The van der Waals surface area contributed by atoms with Crippen LogP contribution in [-0.4, -0.2) is 61.5 Å². The van der Waals surface area contributed by atoms with Gasteiger partial charge in [-0.15, -0.1) is 0 Å². The zero-order chi connectivity index (χ0) is 11.4. The summed E-state index contributed by atoms with van der Waals surface area (Å²) in [5.41, 5.74) is 0. The summed E-state index contributed by atoms with van der Waals surface area (Å²) in [6, 6.07) is 0.769. The molecule has 0 aromatic rings. The molecule has 0 aromatic heterocycles. The van der Waals surface area contributed by atoms with Crippen LogP contribution in [0.2, 0.25) is 0 Å². The van der Waals surface area contributed by atoms with Gasteiger partial charge >= 0.3 is 0 Å². The summed E-state index contributed by atoms with van der Waals surface area (Å²) in [6.45, 7) is 6.66. The molecule has 0 aliphatic carbocycles. The quantitative estimate of drug-likeness (QED) is 0.722. The van der Waals surface area contributed by atoms with E-state index in [4.69, 9.17) is 0 Å². The topological polar surface area (TPSA) is 35.6 Å². The summed E-state index contributed by atoms with van der Waals surface area (Å²) in [7, 11) is 4.01. The van der Waals surface area contributed by atoms with Crippen molar-refractivity contribution in [3.63, 3.8) is 0 Å². The molecule has 1 saturated heterocycles. The van der Waals surface area contributed by atoms with Gasteiger partial charge in [0, 0.05) is 25.7 Å². The Hall–Kier alpha value is -0.610. The van der Waals surface area contributed by atoms with E-state index in [-0.39, 0.29) is 5.91 Å². The third-order valence-electron chi connectivity index (χ3n) is 2.97. The zero-order valence-electron chi connectivity index (χ0n) is 10.3. The van der Waals surface area contributed by atoms with Crippen LogP contribution in [0.5, 0.6) is 0 Å². The summed E-state index contributed by atoms with van der Waals surface area (Å²) in [5, 5.41) is 3.16. The lowest BCUT2D eigenvalue weighted by molar-refractivity contribution is -0.130. The fourth-order valence-corrected chi connectivity index (χ4v) is 1.85. The van der Waals surface area contributed by atoms with Crippen molar-refractivity contribution in [2.45, 2.75) is 32.4 Å². The molecule has 1 unspecified atom stereocenters. The Morgan fingerprint density at radius 2 is 2.27 bits per heavy atom. The predicted molar refractivity (Wildman–Crippen MR) is 61.8 cm³/mol. The van der Waals surface area contributed by atoms with Crippen molar-refractivity contribution in [2.24, 2.45) is 0 Å². The summed E-state index contributed by atoms with van der Waals surface area (Å²) < 4.78 is 0. The number of carbonyl (C=O) groups is 1. The minimum absolute atomic E-state index is 0.198. The van der Waals surface area contributed by atoms with E-state index in [1.54, 1.807) is 0 Å². The maximum absolute atomic E-state index is 11.8. The van der Waals surface area contributed by atoms with E-state index >= 15 is 0 Å². The largest absolute Gasteiger partial charge is 0.340 e. The fourth-order valence-electron chi connectivity index (χ4n) is 1.85. The van der Waals surface area contributed by atoms with Crippen molar-refractivity contribution in [3.05, 3.63) is 0 Å². The van der Waals surface area contributed by atoms with Gasteiger partial charge in [0.2, 0.25) is 5.91 Å². The molecule has 15 heavy (non-hydrogen) atoms. The van der Waals surface area contributed by atoms with Gasteiger partial charge in [-0.2, -0.15) is 0 Å². The van der Waals surface area contributed by atoms with E-state index in [0.29, 0.717) is 18.6 Å². The molecule has 1 atom stereocenters. The first kappa shape index (κ1) is 12.5. The first-order chi connectivity index (χ1) is 7.00. The number of likely N-dealkylation sites (tertiary alicyclic amines) is 1. The molecule has 1 rings (SSSR count). The number of hydrogen-bond acceptors (Lipinski definition) is 3. The normalized spacial score (nSPS) is 22.3. The average molecular weight is 213 g/mol. The lowest BCUT2D eigenvalue weighted by Crippen LogP contribution is -2.44. The fraction of sp³-hybridized carbons (Fsp3) is 0.909. The second-order valence-corrected chi connectivity index (χ2v) is 4.74. The summed E-state index contributed by atoms with van der Waals surface area (Å²) in [4.78, 5) is 15.9. The van der Waals surface area contributed by atoms with Crippen LogP contribution >= 0.6 is 0 Å². The van der Waals surface area contributed by atoms with E-state index < -0.39 is 0 Å². The Balaban J connectivity index is 2.32. The van der Waals surface area contributed by atoms with Crippen molar-refractivity contribution in [2.75, 3.05) is 33.7 Å². The third kappa shape index (κ3) is 3.80. The Labute approximate surface area is 92.6 Å². The Bertz CT molecular complexity index is 218. The molecule has 1 fully saturated rings. The highest BCUT2D eigenvalue weighted by atomic mass is 16.2. The van der Waals surface area contributed by atoms with Gasteiger partial charge in [-0.05, 0) is 20.0 Å². The summed E-state index contributed by atoms with van der Waals surface area (Å²) in [6.07, 6.45) is 1.10. The highest BCUT2D eigenvalue weighted by Crippen LogP contribution is 2.12. The number of hydrogen-bond donors (Lipinski definition) is 1. The van der Waals surface area contributed by atoms with Gasteiger partial charge in [0.25, 0.3) is 0 Å². The van der Waals surface area contributed by atoms with Crippen LogP contribution in [0.25, 0.3) is 0 Å². The molecule has 4 nitrogen and oxygen atoms in total. The van der Waals surface area contributed by atoms with Crippen LogP contribution < -0.4 is 5.32 Å². The molecular formula is C11H23N3O. The van der Waals surface area contributed by atoms with Crippen LogP contribution in [0.15, 0.2) is 0 Å². The Kier molecular flexibility index (Phi) is 4.54. The molecule has 0 spiro atoms. The molecule has 0 radical (unpaired) electrons. The van der Waals surface area contributed by atoms with Gasteiger partial charge in [0.15, 0.2) is 0 Å². The molecule has 0 bridgehead atoms. The number of nitrogens with zero attached hydrogens (tertiary/aromatic N) is 2. The highest BCUT2D eigenvalue weighted by molar-refractivity contribution is 5.78. The van der Waals surface area contributed by atoms with Crippen molar-refractivity contribution >= 4 is 5.91 Å². The van der Waals surface area contributed by atoms with E-state index in [1.165, 1.54) is 0 Å². The molecule has 1 aliphatic rings. The van der Waals surface area contributed by atoms with Crippen LogP contribution in [0.1, 0.15) is 20.3 Å². The molecule has 0 saturated carbocycles. The summed E-state index contributed by atoms with van der Waals surface area (Å²) in [5.74, 6) is 0.198. The van der Waals surface area contributed by atoms with E-state index in [9.17, 15) is 4.79 Å². The minimum Gasteiger partial charge on any atom is -0.340 e. The van der Waals surface area contributed by atoms with Gasteiger partial charge < -0.3 is 15.1 Å².